The van der Waals surface area contributed by atoms with Gasteiger partial charge in [-0.05, 0) is 48.0 Å². The molecule has 0 saturated heterocycles. The molecule has 6 nitrogen and oxygen atoms in total. The third-order valence-electron chi connectivity index (χ3n) is 5.92. The topological polar surface area (TPSA) is 64.7 Å². The van der Waals surface area contributed by atoms with Gasteiger partial charge in [-0.3, -0.25) is 14.0 Å². The Hall–Kier alpha value is -3.78. The van der Waals surface area contributed by atoms with Gasteiger partial charge in [-0.25, -0.2) is 13.8 Å². The van der Waals surface area contributed by atoms with Crippen molar-refractivity contribution >= 4 is 39.2 Å². The summed E-state index contributed by atoms with van der Waals surface area (Å²) in [4.78, 5) is 18.4. The number of halogens is 3. The van der Waals surface area contributed by atoms with Crippen LogP contribution in [-0.2, 0) is 7.05 Å². The highest BCUT2D eigenvalue weighted by molar-refractivity contribution is 6.30. The molecule has 35 heavy (non-hydrogen) atoms. The second kappa shape index (κ2) is 8.78. The molecule has 0 amide bonds. The van der Waals surface area contributed by atoms with E-state index in [9.17, 15) is 13.6 Å². The molecule has 2 aromatic carbocycles. The lowest BCUT2D eigenvalue weighted by molar-refractivity contribution is 0.0115. The zero-order valence-corrected chi connectivity index (χ0v) is 19.9. The van der Waals surface area contributed by atoms with Crippen molar-refractivity contribution in [3.05, 3.63) is 82.4 Å². The average Bonchev–Trinajstić information content (AvgIpc) is 3.22. The van der Waals surface area contributed by atoms with Gasteiger partial charge in [-0.1, -0.05) is 30.7 Å². The first-order valence-corrected chi connectivity index (χ1v) is 11.5. The molecule has 0 fully saturated rings. The van der Waals surface area contributed by atoms with Crippen LogP contribution >= 0.6 is 11.6 Å². The number of rotatable bonds is 6. The summed E-state index contributed by atoms with van der Waals surface area (Å²) in [6, 6.07) is 15.9. The fourth-order valence-electron chi connectivity index (χ4n) is 3.99. The lowest BCUT2D eigenvalue weighted by Crippen LogP contribution is -2.26. The van der Waals surface area contributed by atoms with E-state index in [1.807, 2.05) is 31.4 Å². The molecule has 5 aromatic rings. The third kappa shape index (κ3) is 4.49. The summed E-state index contributed by atoms with van der Waals surface area (Å²) in [6.45, 7) is 0.889. The molecule has 0 aliphatic rings. The predicted molar refractivity (Wildman–Crippen MR) is 136 cm³/mol. The highest BCUT2D eigenvalue weighted by atomic mass is 35.5. The van der Waals surface area contributed by atoms with E-state index in [0.717, 1.165) is 10.9 Å². The number of nitrogens with zero attached hydrogens (tertiary/aromatic N) is 4. The molecule has 0 aliphatic heterocycles. The minimum absolute atomic E-state index is 0.273. The molecule has 0 radical (unpaired) electrons. The summed E-state index contributed by atoms with van der Waals surface area (Å²) in [5, 5.41) is 9.22. The second-order valence-corrected chi connectivity index (χ2v) is 8.87. The van der Waals surface area contributed by atoms with Crippen LogP contribution < -0.4 is 10.9 Å². The molecule has 9 heteroatoms. The predicted octanol–water partition coefficient (Wildman–Crippen LogP) is 6.05. The number of alkyl halides is 2. The Kier molecular flexibility index (Phi) is 5.76. The largest absolute Gasteiger partial charge is 0.364 e. The number of aryl methyl sites for hydroxylation is 1. The van der Waals surface area contributed by atoms with E-state index < -0.39 is 12.5 Å². The number of aromatic nitrogens is 4. The smallest absolute Gasteiger partial charge is 0.265 e. The Morgan fingerprint density at radius 3 is 2.54 bits per heavy atom. The van der Waals surface area contributed by atoms with Crippen LogP contribution in [0.15, 0.2) is 71.8 Å². The van der Waals surface area contributed by atoms with Gasteiger partial charge in [-0.2, -0.15) is 5.10 Å². The molecule has 1 N–H and O–H groups in total. The highest BCUT2D eigenvalue weighted by Gasteiger charge is 2.26. The number of anilines is 1. The van der Waals surface area contributed by atoms with E-state index in [1.165, 1.54) is 6.92 Å². The molecular formula is C26H22ClF2N5O. The molecule has 3 heterocycles. The van der Waals surface area contributed by atoms with Gasteiger partial charge < -0.3 is 5.32 Å². The fraction of sp³-hybridized carbons (Fsp3) is 0.192. The zero-order valence-electron chi connectivity index (χ0n) is 19.1. The van der Waals surface area contributed by atoms with E-state index in [0.29, 0.717) is 32.7 Å². The lowest BCUT2D eigenvalue weighted by atomic mass is 10.0. The summed E-state index contributed by atoms with van der Waals surface area (Å²) in [7, 11) is 1.84. The van der Waals surface area contributed by atoms with E-state index in [-0.39, 0.29) is 17.8 Å². The van der Waals surface area contributed by atoms with Crippen molar-refractivity contribution in [3.63, 3.8) is 0 Å². The van der Waals surface area contributed by atoms with Crippen LogP contribution in [0.2, 0.25) is 5.02 Å². The molecule has 0 aliphatic carbocycles. The van der Waals surface area contributed by atoms with Crippen LogP contribution in [0.25, 0.3) is 38.6 Å². The zero-order chi connectivity index (χ0) is 24.7. The van der Waals surface area contributed by atoms with E-state index >= 15 is 0 Å². The summed E-state index contributed by atoms with van der Waals surface area (Å²) >= 11 is 6.08. The maximum atomic E-state index is 13.8. The Morgan fingerprint density at radius 2 is 1.80 bits per heavy atom. The maximum Gasteiger partial charge on any atom is 0.265 e. The van der Waals surface area contributed by atoms with E-state index in [4.69, 9.17) is 11.6 Å². The van der Waals surface area contributed by atoms with Crippen molar-refractivity contribution in [2.75, 3.05) is 11.9 Å². The van der Waals surface area contributed by atoms with Crippen molar-refractivity contribution in [2.45, 2.75) is 19.3 Å². The van der Waals surface area contributed by atoms with Gasteiger partial charge in [0, 0.05) is 47.3 Å². The molecule has 0 saturated carbocycles. The fourth-order valence-corrected chi connectivity index (χ4v) is 4.12. The van der Waals surface area contributed by atoms with E-state index in [2.05, 4.69) is 15.4 Å². The summed E-state index contributed by atoms with van der Waals surface area (Å²) in [5.74, 6) is -2.58. The quantitative estimate of drug-likeness (QED) is 0.313. The molecule has 0 spiro atoms. The van der Waals surface area contributed by atoms with Crippen LogP contribution in [0.3, 0.4) is 0 Å². The molecular weight excluding hydrogens is 472 g/mol. The Morgan fingerprint density at radius 1 is 1.03 bits per heavy atom. The van der Waals surface area contributed by atoms with Gasteiger partial charge in [0.1, 0.15) is 5.82 Å². The minimum Gasteiger partial charge on any atom is -0.364 e. The first-order chi connectivity index (χ1) is 16.7. The molecule has 0 unspecified atom stereocenters. The van der Waals surface area contributed by atoms with Crippen molar-refractivity contribution in [1.82, 2.24) is 19.3 Å². The van der Waals surface area contributed by atoms with Gasteiger partial charge in [0.2, 0.25) is 0 Å². The van der Waals surface area contributed by atoms with Gasteiger partial charge in [0.15, 0.2) is 0 Å². The van der Waals surface area contributed by atoms with Crippen LogP contribution in [0.1, 0.15) is 13.3 Å². The van der Waals surface area contributed by atoms with Crippen molar-refractivity contribution in [3.8, 4) is 16.8 Å². The lowest BCUT2D eigenvalue weighted by Gasteiger charge is -2.16. The Bertz CT molecular complexity index is 1610. The Labute approximate surface area is 204 Å². The summed E-state index contributed by atoms with van der Waals surface area (Å²) < 4.78 is 30.9. The van der Waals surface area contributed by atoms with Crippen LogP contribution in [0, 0.1) is 0 Å². The van der Waals surface area contributed by atoms with Gasteiger partial charge in [0.25, 0.3) is 11.5 Å². The second-order valence-electron chi connectivity index (χ2n) is 8.43. The van der Waals surface area contributed by atoms with Gasteiger partial charge in [0.05, 0.1) is 23.1 Å². The van der Waals surface area contributed by atoms with Crippen LogP contribution in [0.5, 0.6) is 0 Å². The summed E-state index contributed by atoms with van der Waals surface area (Å²) in [6.07, 6.45) is 3.32. The highest BCUT2D eigenvalue weighted by Crippen LogP contribution is 2.28. The SMILES string of the molecule is CCC(F)(F)CNc1ccc2cn(-c3ccc4nn(C)cc4c3)c(=O)c(-c3ccc(Cl)cc3)c2n1. The van der Waals surface area contributed by atoms with Gasteiger partial charge >= 0.3 is 0 Å². The van der Waals surface area contributed by atoms with Crippen molar-refractivity contribution in [2.24, 2.45) is 7.05 Å². The first kappa shape index (κ1) is 23.0. The molecule has 0 atom stereocenters. The average molecular weight is 494 g/mol. The molecule has 0 bridgehead atoms. The summed E-state index contributed by atoms with van der Waals surface area (Å²) in [5.41, 5.74) is 2.62. The first-order valence-electron chi connectivity index (χ1n) is 11.1. The Balaban J connectivity index is 1.71. The molecule has 5 rings (SSSR count). The van der Waals surface area contributed by atoms with Crippen molar-refractivity contribution in [1.29, 1.82) is 0 Å². The number of hydrogen-bond acceptors (Lipinski definition) is 4. The number of hydrogen-bond donors (Lipinski definition) is 1. The molecule has 178 valence electrons. The maximum absolute atomic E-state index is 13.8. The number of benzene rings is 2. The normalized spacial score (nSPS) is 11.9. The number of pyridine rings is 2. The van der Waals surface area contributed by atoms with Crippen LogP contribution in [0.4, 0.5) is 14.6 Å². The molecule has 3 aromatic heterocycles. The van der Waals surface area contributed by atoms with Crippen LogP contribution in [-0.4, -0.2) is 31.8 Å². The monoisotopic (exact) mass is 493 g/mol. The standard InChI is InChI=1S/C26H22ClF2N5O/c1-3-26(28,29)15-30-22-11-6-17-14-34(20-9-10-21-18(12-20)13-33(2)32-21)25(35)23(24(17)31-22)16-4-7-19(27)8-5-16/h4-14H,3,15H2,1-2H3,(H,30,31). The van der Waals surface area contributed by atoms with Crippen molar-refractivity contribution < 1.29 is 8.78 Å². The minimum atomic E-state index is -2.86. The number of nitrogens with one attached hydrogen (secondary N) is 1. The third-order valence-corrected chi connectivity index (χ3v) is 6.18. The van der Waals surface area contributed by atoms with Gasteiger partial charge in [-0.15, -0.1) is 0 Å². The van der Waals surface area contributed by atoms with E-state index in [1.54, 1.807) is 51.8 Å². The number of fused-ring (bicyclic) bond motifs is 2.